The third-order valence-corrected chi connectivity index (χ3v) is 2.23. The summed E-state index contributed by atoms with van der Waals surface area (Å²) in [6.45, 7) is 3.88. The molecule has 0 saturated carbocycles. The number of benzene rings is 1. The van der Waals surface area contributed by atoms with Crippen molar-refractivity contribution in [3.05, 3.63) is 29.8 Å². The average Bonchev–Trinajstić information content (AvgIpc) is 2.04. The van der Waals surface area contributed by atoms with Crippen LogP contribution in [0.3, 0.4) is 0 Å². The number of hydrogen-bond donors (Lipinski definition) is 1. The third kappa shape index (κ3) is 2.08. The molecule has 13 heavy (non-hydrogen) atoms. The molecule has 0 unspecified atom stereocenters. The molecule has 0 bridgehead atoms. The van der Waals surface area contributed by atoms with Gasteiger partial charge in [0.05, 0.1) is 0 Å². The van der Waals surface area contributed by atoms with Crippen molar-refractivity contribution in [1.29, 1.82) is 0 Å². The first-order valence-corrected chi connectivity index (χ1v) is 4.30. The summed E-state index contributed by atoms with van der Waals surface area (Å²) >= 11 is 0. The Morgan fingerprint density at radius 1 is 1.38 bits per heavy atom. The van der Waals surface area contributed by atoms with E-state index in [4.69, 9.17) is 0 Å². The molecule has 0 radical (unpaired) electrons. The SMILES string of the molecule is CC(C)(CC=O)c1ccccc1O. The zero-order chi connectivity index (χ0) is 9.90. The van der Waals surface area contributed by atoms with Crippen molar-refractivity contribution >= 4 is 6.29 Å². The molecule has 0 fully saturated rings. The lowest BCUT2D eigenvalue weighted by molar-refractivity contribution is -0.108. The van der Waals surface area contributed by atoms with Gasteiger partial charge in [-0.1, -0.05) is 32.0 Å². The number of carbonyl (C=O) groups is 1. The van der Waals surface area contributed by atoms with Crippen molar-refractivity contribution in [3.63, 3.8) is 0 Å². The van der Waals surface area contributed by atoms with E-state index >= 15 is 0 Å². The minimum Gasteiger partial charge on any atom is -0.508 e. The van der Waals surface area contributed by atoms with Crippen LogP contribution in [0, 0.1) is 0 Å². The highest BCUT2D eigenvalue weighted by Crippen LogP contribution is 2.32. The Bertz CT molecular complexity index is 303. The maximum atomic E-state index is 10.4. The molecule has 1 aromatic rings. The van der Waals surface area contributed by atoms with Gasteiger partial charge in [0, 0.05) is 6.42 Å². The Kier molecular flexibility index (Phi) is 2.71. The first-order chi connectivity index (χ1) is 6.08. The molecular formula is C11H14O2. The van der Waals surface area contributed by atoms with E-state index in [2.05, 4.69) is 0 Å². The molecular weight excluding hydrogens is 164 g/mol. The fraction of sp³-hybridized carbons (Fsp3) is 0.364. The molecule has 0 aliphatic carbocycles. The number of aromatic hydroxyl groups is 1. The van der Waals surface area contributed by atoms with E-state index in [0.717, 1.165) is 11.8 Å². The zero-order valence-corrected chi connectivity index (χ0v) is 7.95. The van der Waals surface area contributed by atoms with Gasteiger partial charge in [0.1, 0.15) is 12.0 Å². The van der Waals surface area contributed by atoms with Gasteiger partial charge >= 0.3 is 0 Å². The molecule has 1 N–H and O–H groups in total. The number of rotatable bonds is 3. The van der Waals surface area contributed by atoms with Gasteiger partial charge in [0.2, 0.25) is 0 Å². The van der Waals surface area contributed by atoms with Crippen molar-refractivity contribution in [1.82, 2.24) is 0 Å². The highest BCUT2D eigenvalue weighted by Gasteiger charge is 2.22. The number of hydrogen-bond acceptors (Lipinski definition) is 2. The first-order valence-electron chi connectivity index (χ1n) is 4.30. The number of phenols is 1. The Morgan fingerprint density at radius 2 is 2.00 bits per heavy atom. The van der Waals surface area contributed by atoms with E-state index in [1.807, 2.05) is 26.0 Å². The monoisotopic (exact) mass is 178 g/mol. The molecule has 0 atom stereocenters. The molecule has 0 aromatic heterocycles. The fourth-order valence-electron chi connectivity index (χ4n) is 1.36. The van der Waals surface area contributed by atoms with Crippen LogP contribution in [0.15, 0.2) is 24.3 Å². The van der Waals surface area contributed by atoms with E-state index in [1.54, 1.807) is 12.1 Å². The zero-order valence-electron chi connectivity index (χ0n) is 7.95. The Morgan fingerprint density at radius 3 is 2.54 bits per heavy atom. The van der Waals surface area contributed by atoms with Crippen LogP contribution in [0.5, 0.6) is 5.75 Å². The summed E-state index contributed by atoms with van der Waals surface area (Å²) in [4.78, 5) is 10.4. The van der Waals surface area contributed by atoms with Crippen LogP contribution in [-0.2, 0) is 10.2 Å². The van der Waals surface area contributed by atoms with E-state index in [9.17, 15) is 9.90 Å². The summed E-state index contributed by atoms with van der Waals surface area (Å²) in [5.41, 5.74) is 0.537. The molecule has 0 saturated heterocycles. The number of aldehydes is 1. The molecule has 2 nitrogen and oxygen atoms in total. The molecule has 1 rings (SSSR count). The van der Waals surface area contributed by atoms with Crippen LogP contribution in [0.4, 0.5) is 0 Å². The minimum absolute atomic E-state index is 0.259. The maximum absolute atomic E-state index is 10.4. The van der Waals surface area contributed by atoms with Crippen LogP contribution in [0.2, 0.25) is 0 Å². The highest BCUT2D eigenvalue weighted by molar-refractivity contribution is 5.54. The molecule has 2 heteroatoms. The van der Waals surface area contributed by atoms with Gasteiger partial charge in [-0.05, 0) is 17.0 Å². The standard InChI is InChI=1S/C11H14O2/c1-11(2,7-8-12)9-5-3-4-6-10(9)13/h3-6,8,13H,7H2,1-2H3. The number of carbonyl (C=O) groups excluding carboxylic acids is 1. The number of para-hydroxylation sites is 1. The Hall–Kier alpha value is -1.31. The van der Waals surface area contributed by atoms with Crippen molar-refractivity contribution in [2.45, 2.75) is 25.7 Å². The van der Waals surface area contributed by atoms with Crippen LogP contribution >= 0.6 is 0 Å². The van der Waals surface area contributed by atoms with Gasteiger partial charge in [-0.15, -0.1) is 0 Å². The molecule has 1 aromatic carbocycles. The molecule has 0 aliphatic rings. The van der Waals surface area contributed by atoms with Crippen molar-refractivity contribution in [2.24, 2.45) is 0 Å². The van der Waals surface area contributed by atoms with Crippen LogP contribution in [0.25, 0.3) is 0 Å². The van der Waals surface area contributed by atoms with Gasteiger partial charge in [-0.2, -0.15) is 0 Å². The van der Waals surface area contributed by atoms with Crippen molar-refractivity contribution in [2.75, 3.05) is 0 Å². The van der Waals surface area contributed by atoms with Crippen LogP contribution in [0.1, 0.15) is 25.8 Å². The Labute approximate surface area is 78.2 Å². The van der Waals surface area contributed by atoms with E-state index in [1.165, 1.54) is 0 Å². The lowest BCUT2D eigenvalue weighted by Gasteiger charge is -2.23. The second-order valence-corrected chi connectivity index (χ2v) is 3.77. The Balaban J connectivity index is 3.06. The van der Waals surface area contributed by atoms with Gasteiger partial charge < -0.3 is 9.90 Å². The smallest absolute Gasteiger partial charge is 0.120 e. The van der Waals surface area contributed by atoms with Crippen LogP contribution in [-0.4, -0.2) is 11.4 Å². The lowest BCUT2D eigenvalue weighted by Crippen LogP contribution is -2.17. The molecule has 70 valence electrons. The minimum atomic E-state index is -0.285. The van der Waals surface area contributed by atoms with Crippen molar-refractivity contribution < 1.29 is 9.90 Å². The van der Waals surface area contributed by atoms with Gasteiger partial charge in [0.25, 0.3) is 0 Å². The fourth-order valence-corrected chi connectivity index (χ4v) is 1.36. The quantitative estimate of drug-likeness (QED) is 0.721. The lowest BCUT2D eigenvalue weighted by atomic mass is 9.81. The van der Waals surface area contributed by atoms with Gasteiger partial charge in [-0.3, -0.25) is 0 Å². The van der Waals surface area contributed by atoms with Crippen LogP contribution < -0.4 is 0 Å². The average molecular weight is 178 g/mol. The van der Waals surface area contributed by atoms with Gasteiger partial charge in [0.15, 0.2) is 0 Å². The predicted octanol–water partition coefficient (Wildman–Crippen LogP) is 2.26. The summed E-state index contributed by atoms with van der Waals surface area (Å²) < 4.78 is 0. The molecule has 0 spiro atoms. The molecule has 0 aliphatic heterocycles. The normalized spacial score (nSPS) is 11.2. The summed E-state index contributed by atoms with van der Waals surface area (Å²) in [7, 11) is 0. The number of phenolic OH excluding ortho intramolecular Hbond substituents is 1. The summed E-state index contributed by atoms with van der Waals surface area (Å²) in [5, 5.41) is 9.56. The maximum Gasteiger partial charge on any atom is 0.120 e. The second-order valence-electron chi connectivity index (χ2n) is 3.77. The topological polar surface area (TPSA) is 37.3 Å². The summed E-state index contributed by atoms with van der Waals surface area (Å²) in [5.74, 6) is 0.259. The van der Waals surface area contributed by atoms with E-state index < -0.39 is 0 Å². The van der Waals surface area contributed by atoms with E-state index in [-0.39, 0.29) is 11.2 Å². The third-order valence-electron chi connectivity index (χ3n) is 2.23. The molecule has 0 heterocycles. The summed E-state index contributed by atoms with van der Waals surface area (Å²) in [6, 6.07) is 7.12. The second kappa shape index (κ2) is 3.60. The molecule has 0 amide bonds. The van der Waals surface area contributed by atoms with Crippen molar-refractivity contribution in [3.8, 4) is 5.75 Å². The largest absolute Gasteiger partial charge is 0.508 e. The van der Waals surface area contributed by atoms with E-state index in [0.29, 0.717) is 6.42 Å². The summed E-state index contributed by atoms with van der Waals surface area (Å²) in [6.07, 6.45) is 1.30. The highest BCUT2D eigenvalue weighted by atomic mass is 16.3. The van der Waals surface area contributed by atoms with Gasteiger partial charge in [-0.25, -0.2) is 0 Å². The first kappa shape index (κ1) is 9.78. The predicted molar refractivity (Wildman–Crippen MR) is 51.8 cm³/mol.